The van der Waals surface area contributed by atoms with E-state index in [1.165, 1.54) is 0 Å². The topological polar surface area (TPSA) is 50.2 Å². The summed E-state index contributed by atoms with van der Waals surface area (Å²) in [6, 6.07) is 20.6. The van der Waals surface area contributed by atoms with Crippen molar-refractivity contribution in [2.45, 2.75) is 0 Å². The second kappa shape index (κ2) is 5.59. The van der Waals surface area contributed by atoms with Crippen molar-refractivity contribution < 1.29 is 9.90 Å². The highest BCUT2D eigenvalue weighted by atomic mass is 16.4. The number of carboxylic acids is 1. The molecule has 3 aromatic rings. The van der Waals surface area contributed by atoms with Crippen LogP contribution in [0.1, 0.15) is 10.4 Å². The van der Waals surface area contributed by atoms with Crippen LogP contribution in [-0.2, 0) is 0 Å². The molecule has 0 aliphatic heterocycles. The first kappa shape index (κ1) is 13.1. The van der Waals surface area contributed by atoms with Gasteiger partial charge in [0.05, 0.1) is 11.3 Å². The Labute approximate surface area is 122 Å². The van der Waals surface area contributed by atoms with Crippen LogP contribution in [0.25, 0.3) is 22.4 Å². The molecular weight excluding hydrogens is 262 g/mol. The Morgan fingerprint density at radius 2 is 1.48 bits per heavy atom. The molecule has 0 bridgehead atoms. The van der Waals surface area contributed by atoms with E-state index in [1.807, 2.05) is 54.6 Å². The van der Waals surface area contributed by atoms with Gasteiger partial charge in [-0.2, -0.15) is 0 Å². The summed E-state index contributed by atoms with van der Waals surface area (Å²) in [6.07, 6.45) is 1.76. The minimum atomic E-state index is -0.917. The third-order valence-electron chi connectivity index (χ3n) is 3.31. The number of aromatic carboxylic acids is 1. The van der Waals surface area contributed by atoms with Crippen molar-refractivity contribution in [3.05, 3.63) is 78.5 Å². The summed E-state index contributed by atoms with van der Waals surface area (Å²) in [6.45, 7) is 0. The number of carboxylic acid groups (broad SMARTS) is 1. The van der Waals surface area contributed by atoms with Gasteiger partial charge in [0.1, 0.15) is 0 Å². The zero-order valence-electron chi connectivity index (χ0n) is 11.2. The smallest absolute Gasteiger partial charge is 0.335 e. The molecule has 3 rings (SSSR count). The molecule has 0 fully saturated rings. The Hall–Kier alpha value is -2.94. The Kier molecular flexibility index (Phi) is 3.48. The van der Waals surface area contributed by atoms with Gasteiger partial charge in [0.2, 0.25) is 0 Å². The van der Waals surface area contributed by atoms with Crippen molar-refractivity contribution >= 4 is 5.97 Å². The van der Waals surface area contributed by atoms with Crippen molar-refractivity contribution in [3.8, 4) is 22.4 Å². The summed E-state index contributed by atoms with van der Waals surface area (Å²) < 4.78 is 0. The first-order valence-electron chi connectivity index (χ1n) is 6.60. The molecule has 2 aromatic carbocycles. The van der Waals surface area contributed by atoms with Crippen LogP contribution in [0, 0.1) is 0 Å². The Balaban J connectivity index is 2.09. The molecular formula is C18H13NO2. The molecule has 0 saturated heterocycles. The second-order valence-electron chi connectivity index (χ2n) is 4.64. The van der Waals surface area contributed by atoms with E-state index in [0.717, 1.165) is 22.4 Å². The molecule has 21 heavy (non-hydrogen) atoms. The van der Waals surface area contributed by atoms with Gasteiger partial charge in [0.25, 0.3) is 0 Å². The molecule has 0 aliphatic rings. The SMILES string of the molecule is O=C(O)c1ccc(-c2ccccc2-c2ccccn2)cc1. The Bertz CT molecular complexity index is 765. The maximum absolute atomic E-state index is 10.9. The zero-order chi connectivity index (χ0) is 14.7. The van der Waals surface area contributed by atoms with Crippen LogP contribution in [0.5, 0.6) is 0 Å². The van der Waals surface area contributed by atoms with Gasteiger partial charge in [-0.1, -0.05) is 42.5 Å². The number of hydrogen-bond acceptors (Lipinski definition) is 2. The normalized spacial score (nSPS) is 10.3. The molecule has 0 saturated carbocycles. The third-order valence-corrected chi connectivity index (χ3v) is 3.31. The molecule has 0 aliphatic carbocycles. The maximum Gasteiger partial charge on any atom is 0.335 e. The molecule has 3 nitrogen and oxygen atoms in total. The molecule has 3 heteroatoms. The number of rotatable bonds is 3. The number of pyridine rings is 1. The highest BCUT2D eigenvalue weighted by molar-refractivity contribution is 5.89. The van der Waals surface area contributed by atoms with Crippen LogP contribution in [0.15, 0.2) is 72.9 Å². The van der Waals surface area contributed by atoms with Crippen LogP contribution in [-0.4, -0.2) is 16.1 Å². The predicted molar refractivity (Wildman–Crippen MR) is 82.1 cm³/mol. The van der Waals surface area contributed by atoms with Crippen molar-refractivity contribution in [2.75, 3.05) is 0 Å². The summed E-state index contributed by atoms with van der Waals surface area (Å²) in [5.41, 5.74) is 4.22. The predicted octanol–water partition coefficient (Wildman–Crippen LogP) is 4.11. The summed E-state index contributed by atoms with van der Waals surface area (Å²) >= 11 is 0. The standard InChI is InChI=1S/C18H13NO2/c20-18(21)14-10-8-13(9-11-14)15-5-1-2-6-16(15)17-7-3-4-12-19-17/h1-12H,(H,20,21). The lowest BCUT2D eigenvalue weighted by Crippen LogP contribution is -1.95. The molecule has 102 valence electrons. The minimum Gasteiger partial charge on any atom is -0.478 e. The van der Waals surface area contributed by atoms with E-state index in [-0.39, 0.29) is 5.56 Å². The first-order valence-corrected chi connectivity index (χ1v) is 6.60. The molecule has 0 radical (unpaired) electrons. The van der Waals surface area contributed by atoms with Gasteiger partial charge in [0.15, 0.2) is 0 Å². The van der Waals surface area contributed by atoms with Crippen molar-refractivity contribution in [3.63, 3.8) is 0 Å². The zero-order valence-corrected chi connectivity index (χ0v) is 11.2. The quantitative estimate of drug-likeness (QED) is 0.782. The molecule has 1 aromatic heterocycles. The summed E-state index contributed by atoms with van der Waals surface area (Å²) in [7, 11) is 0. The molecule has 0 unspecified atom stereocenters. The van der Waals surface area contributed by atoms with E-state index < -0.39 is 5.97 Å². The van der Waals surface area contributed by atoms with Crippen molar-refractivity contribution in [1.82, 2.24) is 4.98 Å². The van der Waals surface area contributed by atoms with E-state index in [9.17, 15) is 4.79 Å². The van der Waals surface area contributed by atoms with Gasteiger partial charge in [0, 0.05) is 11.8 Å². The van der Waals surface area contributed by atoms with E-state index in [1.54, 1.807) is 18.3 Å². The van der Waals surface area contributed by atoms with Gasteiger partial charge >= 0.3 is 5.97 Å². The van der Waals surface area contributed by atoms with E-state index in [4.69, 9.17) is 5.11 Å². The number of benzene rings is 2. The van der Waals surface area contributed by atoms with Gasteiger partial charge in [-0.25, -0.2) is 4.79 Å². The number of carbonyl (C=O) groups is 1. The van der Waals surface area contributed by atoms with Crippen molar-refractivity contribution in [1.29, 1.82) is 0 Å². The largest absolute Gasteiger partial charge is 0.478 e. The summed E-state index contributed by atoms with van der Waals surface area (Å²) in [5, 5.41) is 8.97. The third kappa shape index (κ3) is 2.67. The number of hydrogen-bond donors (Lipinski definition) is 1. The number of nitrogens with zero attached hydrogens (tertiary/aromatic N) is 1. The lowest BCUT2D eigenvalue weighted by Gasteiger charge is -2.09. The summed E-state index contributed by atoms with van der Waals surface area (Å²) in [4.78, 5) is 15.3. The summed E-state index contributed by atoms with van der Waals surface area (Å²) in [5.74, 6) is -0.917. The highest BCUT2D eigenvalue weighted by Crippen LogP contribution is 2.30. The fourth-order valence-corrected chi connectivity index (χ4v) is 2.27. The van der Waals surface area contributed by atoms with Crippen LogP contribution < -0.4 is 0 Å². The molecule has 0 spiro atoms. The van der Waals surface area contributed by atoms with Gasteiger partial charge in [-0.3, -0.25) is 4.98 Å². The minimum absolute atomic E-state index is 0.286. The maximum atomic E-state index is 10.9. The molecule has 0 atom stereocenters. The fraction of sp³-hybridized carbons (Fsp3) is 0. The van der Waals surface area contributed by atoms with Gasteiger partial charge < -0.3 is 5.11 Å². The molecule has 1 N–H and O–H groups in total. The van der Waals surface area contributed by atoms with Gasteiger partial charge in [-0.15, -0.1) is 0 Å². The molecule has 1 heterocycles. The van der Waals surface area contributed by atoms with Crippen LogP contribution >= 0.6 is 0 Å². The van der Waals surface area contributed by atoms with Crippen molar-refractivity contribution in [2.24, 2.45) is 0 Å². The molecule has 0 amide bonds. The van der Waals surface area contributed by atoms with Crippen LogP contribution in [0.2, 0.25) is 0 Å². The number of aromatic nitrogens is 1. The average Bonchev–Trinajstić information content (AvgIpc) is 2.56. The lowest BCUT2D eigenvalue weighted by atomic mass is 9.96. The van der Waals surface area contributed by atoms with E-state index in [0.29, 0.717) is 0 Å². The van der Waals surface area contributed by atoms with Gasteiger partial charge in [-0.05, 0) is 35.4 Å². The monoisotopic (exact) mass is 275 g/mol. The Morgan fingerprint density at radius 3 is 2.10 bits per heavy atom. The van der Waals surface area contributed by atoms with E-state index >= 15 is 0 Å². The Morgan fingerprint density at radius 1 is 0.810 bits per heavy atom. The fourth-order valence-electron chi connectivity index (χ4n) is 2.27. The van der Waals surface area contributed by atoms with E-state index in [2.05, 4.69) is 4.98 Å². The first-order chi connectivity index (χ1) is 10.3. The van der Waals surface area contributed by atoms with Crippen LogP contribution in [0.4, 0.5) is 0 Å². The second-order valence-corrected chi connectivity index (χ2v) is 4.64. The highest BCUT2D eigenvalue weighted by Gasteiger charge is 2.08. The average molecular weight is 275 g/mol. The lowest BCUT2D eigenvalue weighted by molar-refractivity contribution is 0.0697. The van der Waals surface area contributed by atoms with Crippen LogP contribution in [0.3, 0.4) is 0 Å².